The fourth-order valence-electron chi connectivity index (χ4n) is 6.14. The second-order valence-electron chi connectivity index (χ2n) is 13.7. The number of nitrogens with one attached hydrogen (secondary N) is 2. The molecule has 0 aliphatic carbocycles. The second-order valence-corrected chi connectivity index (χ2v) is 15.3. The van der Waals surface area contributed by atoms with E-state index in [4.69, 9.17) is 14.7 Å². The molecule has 0 aromatic carbocycles. The number of nitrogens with zero attached hydrogens (tertiary/aromatic N) is 5. The normalized spacial score (nSPS) is 20.7. The van der Waals surface area contributed by atoms with Crippen molar-refractivity contribution >= 4 is 45.8 Å². The molecule has 11 nitrogen and oxygen atoms in total. The number of rotatable bonds is 5. The zero-order chi connectivity index (χ0) is 32.6. The predicted octanol–water partition coefficient (Wildman–Crippen LogP) is 5.34. The SMILES string of the molecule is COCCN(C)c1cccc([C@H]2CC[C@@H]3CN(c4nc(C(C)(C)C)ccc4C(=O)NS(=O)(=O)c4cccc(n4)N2)C(C)(C)C3)n1.Cl. The van der Waals surface area contributed by atoms with Crippen LogP contribution in [-0.2, 0) is 20.2 Å². The molecule has 2 N–H and O–H groups in total. The minimum Gasteiger partial charge on any atom is -0.383 e. The largest absolute Gasteiger partial charge is 0.383 e. The van der Waals surface area contributed by atoms with Crippen molar-refractivity contribution in [2.45, 2.75) is 75.9 Å². The molecule has 2 aliphatic rings. The first-order chi connectivity index (χ1) is 21.2. The number of halogens is 1. The van der Waals surface area contributed by atoms with Crippen LogP contribution < -0.4 is 19.8 Å². The van der Waals surface area contributed by atoms with Crippen LogP contribution in [0.4, 0.5) is 17.5 Å². The van der Waals surface area contributed by atoms with Gasteiger partial charge in [-0.3, -0.25) is 4.79 Å². The Hall–Kier alpha value is -3.48. The number of amides is 1. The van der Waals surface area contributed by atoms with Gasteiger partial charge in [-0.2, -0.15) is 8.42 Å². The van der Waals surface area contributed by atoms with Crippen molar-refractivity contribution in [1.29, 1.82) is 0 Å². The topological polar surface area (TPSA) is 130 Å². The summed E-state index contributed by atoms with van der Waals surface area (Å²) in [6.07, 6.45) is 2.51. The van der Waals surface area contributed by atoms with E-state index in [0.717, 1.165) is 36.5 Å². The number of methoxy groups -OCH3 is 1. The van der Waals surface area contributed by atoms with E-state index in [0.29, 0.717) is 37.3 Å². The molecule has 5 heterocycles. The lowest BCUT2D eigenvalue weighted by Gasteiger charge is -2.34. The van der Waals surface area contributed by atoms with Gasteiger partial charge in [0.15, 0.2) is 5.03 Å². The van der Waals surface area contributed by atoms with E-state index in [9.17, 15) is 13.2 Å². The lowest BCUT2D eigenvalue weighted by atomic mass is 9.90. The number of fused-ring (bicyclic) bond motifs is 6. The summed E-state index contributed by atoms with van der Waals surface area (Å²) in [4.78, 5) is 32.3. The summed E-state index contributed by atoms with van der Waals surface area (Å²) in [5.74, 6) is 1.28. The Morgan fingerprint density at radius 1 is 1.04 bits per heavy atom. The summed E-state index contributed by atoms with van der Waals surface area (Å²) in [5.41, 5.74) is 1.31. The Labute approximate surface area is 279 Å². The maximum atomic E-state index is 13.7. The van der Waals surface area contributed by atoms with Crippen LogP contribution in [0.3, 0.4) is 0 Å². The Balaban J connectivity index is 0.00000480. The third kappa shape index (κ3) is 7.72. The number of likely N-dealkylation sites (N-methyl/N-ethyl adjacent to an activating group) is 1. The molecule has 1 saturated heterocycles. The quantitative estimate of drug-likeness (QED) is 0.367. The van der Waals surface area contributed by atoms with Crippen LogP contribution >= 0.6 is 12.4 Å². The molecule has 3 aromatic heterocycles. The van der Waals surface area contributed by atoms with Gasteiger partial charge in [0.2, 0.25) is 0 Å². The molecule has 1 amide bonds. The zero-order valence-corrected chi connectivity index (χ0v) is 29.3. The van der Waals surface area contributed by atoms with Gasteiger partial charge in [0, 0.05) is 43.9 Å². The predicted molar refractivity (Wildman–Crippen MR) is 184 cm³/mol. The molecule has 2 atom stereocenters. The van der Waals surface area contributed by atoms with Crippen LogP contribution in [0.1, 0.15) is 81.7 Å². The molecule has 3 aromatic rings. The number of hydrogen-bond acceptors (Lipinski definition) is 10. The lowest BCUT2D eigenvalue weighted by Crippen LogP contribution is -2.41. The van der Waals surface area contributed by atoms with E-state index in [2.05, 4.69) is 54.5 Å². The molecule has 250 valence electrons. The third-order valence-electron chi connectivity index (χ3n) is 8.65. The van der Waals surface area contributed by atoms with Crippen molar-refractivity contribution in [3.8, 4) is 0 Å². The molecule has 13 heteroatoms. The first-order valence-corrected chi connectivity index (χ1v) is 16.9. The monoisotopic (exact) mass is 671 g/mol. The molecule has 0 saturated carbocycles. The Kier molecular flexibility index (Phi) is 10.5. The van der Waals surface area contributed by atoms with Crippen molar-refractivity contribution in [1.82, 2.24) is 19.7 Å². The van der Waals surface area contributed by atoms with E-state index in [1.54, 1.807) is 31.4 Å². The molecule has 4 bridgehead atoms. The Bertz CT molecular complexity index is 1660. The smallest absolute Gasteiger partial charge is 0.281 e. The Morgan fingerprint density at radius 3 is 2.50 bits per heavy atom. The number of ether oxygens (including phenoxy) is 1. The lowest BCUT2D eigenvalue weighted by molar-refractivity contribution is 0.0981. The van der Waals surface area contributed by atoms with Crippen molar-refractivity contribution in [3.63, 3.8) is 0 Å². The first-order valence-electron chi connectivity index (χ1n) is 15.4. The van der Waals surface area contributed by atoms with Crippen LogP contribution in [0.5, 0.6) is 0 Å². The van der Waals surface area contributed by atoms with Gasteiger partial charge in [-0.15, -0.1) is 12.4 Å². The summed E-state index contributed by atoms with van der Waals surface area (Å²) in [5, 5.41) is 3.21. The van der Waals surface area contributed by atoms with Gasteiger partial charge in [0.05, 0.1) is 23.9 Å². The van der Waals surface area contributed by atoms with Gasteiger partial charge < -0.3 is 19.9 Å². The molecule has 46 heavy (non-hydrogen) atoms. The van der Waals surface area contributed by atoms with Crippen LogP contribution in [-0.4, -0.2) is 68.7 Å². The maximum absolute atomic E-state index is 13.7. The Morgan fingerprint density at radius 2 is 1.78 bits per heavy atom. The summed E-state index contributed by atoms with van der Waals surface area (Å²) in [6, 6.07) is 13.9. The number of hydrogen-bond donors (Lipinski definition) is 2. The summed E-state index contributed by atoms with van der Waals surface area (Å²) in [6.45, 7) is 12.5. The number of sulfonamides is 1. The number of aromatic nitrogens is 3. The van der Waals surface area contributed by atoms with E-state index < -0.39 is 15.9 Å². The highest BCUT2D eigenvalue weighted by molar-refractivity contribution is 7.90. The molecular weight excluding hydrogens is 626 g/mol. The third-order valence-corrected chi connectivity index (χ3v) is 9.88. The van der Waals surface area contributed by atoms with Crippen molar-refractivity contribution < 1.29 is 17.9 Å². The average molecular weight is 672 g/mol. The molecule has 0 radical (unpaired) electrons. The summed E-state index contributed by atoms with van der Waals surface area (Å²) >= 11 is 0. The molecule has 5 rings (SSSR count). The minimum atomic E-state index is -4.29. The van der Waals surface area contributed by atoms with Gasteiger partial charge in [-0.25, -0.2) is 19.7 Å². The van der Waals surface area contributed by atoms with Gasteiger partial charge in [-0.1, -0.05) is 32.9 Å². The van der Waals surface area contributed by atoms with Crippen LogP contribution in [0.2, 0.25) is 0 Å². The van der Waals surface area contributed by atoms with E-state index in [-0.39, 0.29) is 40.0 Å². The molecule has 0 unspecified atom stereocenters. The highest BCUT2D eigenvalue weighted by Crippen LogP contribution is 2.41. The summed E-state index contributed by atoms with van der Waals surface area (Å²) in [7, 11) is -0.639. The first kappa shape index (κ1) is 35.4. The number of anilines is 3. The minimum absolute atomic E-state index is 0. The summed E-state index contributed by atoms with van der Waals surface area (Å²) < 4.78 is 34.5. The zero-order valence-electron chi connectivity index (χ0n) is 27.7. The van der Waals surface area contributed by atoms with Crippen molar-refractivity contribution in [2.24, 2.45) is 5.92 Å². The average Bonchev–Trinajstić information content (AvgIpc) is 3.30. The number of carbonyl (C=O) groups excluding carboxylic acids is 1. The van der Waals surface area contributed by atoms with Crippen LogP contribution in [0, 0.1) is 5.92 Å². The number of carbonyl (C=O) groups is 1. The highest BCUT2D eigenvalue weighted by Gasteiger charge is 2.41. The number of pyridine rings is 3. The van der Waals surface area contributed by atoms with Gasteiger partial charge >= 0.3 is 0 Å². The standard InChI is InChI=1S/C33H45N7O4S.ClH/c1-32(2,3)26-17-15-23-30(36-26)40-21-22(20-33(40,4)5)14-16-25(24-10-8-12-28(35-24)39(6)18-19-44-7)34-27-11-9-13-29(37-27)45(42,43)38-31(23)41;/h8-13,15,17,22,25H,14,16,18-21H2,1-7H3,(H,34,37)(H,38,41);1H/t22-,25+;/m0./s1. The maximum Gasteiger partial charge on any atom is 0.281 e. The fraction of sp³-hybridized carbons (Fsp3) is 0.515. The van der Waals surface area contributed by atoms with E-state index in [1.165, 1.54) is 6.07 Å². The van der Waals surface area contributed by atoms with E-state index in [1.807, 2.05) is 30.1 Å². The highest BCUT2D eigenvalue weighted by atomic mass is 35.5. The van der Waals surface area contributed by atoms with Crippen molar-refractivity contribution in [3.05, 3.63) is 65.5 Å². The van der Waals surface area contributed by atoms with E-state index >= 15 is 0 Å². The molecular formula is C33H46ClN7O4S. The van der Waals surface area contributed by atoms with Crippen LogP contribution in [0.15, 0.2) is 53.6 Å². The van der Waals surface area contributed by atoms with Crippen LogP contribution in [0.25, 0.3) is 0 Å². The molecule has 2 aliphatic heterocycles. The van der Waals surface area contributed by atoms with Gasteiger partial charge in [0.25, 0.3) is 15.9 Å². The second kappa shape index (κ2) is 13.7. The van der Waals surface area contributed by atoms with Crippen molar-refractivity contribution in [2.75, 3.05) is 49.0 Å². The molecule has 1 fully saturated rings. The fourth-order valence-corrected chi connectivity index (χ4v) is 7.08. The van der Waals surface area contributed by atoms with Gasteiger partial charge in [0.1, 0.15) is 17.5 Å². The molecule has 0 spiro atoms. The van der Waals surface area contributed by atoms with Gasteiger partial charge in [-0.05, 0) is 75.4 Å².